The molecule has 0 amide bonds. The predicted octanol–water partition coefficient (Wildman–Crippen LogP) is 2.28. The van der Waals surface area contributed by atoms with Gasteiger partial charge in [-0.15, -0.1) is 0 Å². The van der Waals surface area contributed by atoms with E-state index in [1.807, 2.05) is 6.07 Å². The molecule has 1 saturated heterocycles. The average Bonchev–Trinajstić information content (AvgIpc) is 2.65. The minimum absolute atomic E-state index is 0.926. The van der Waals surface area contributed by atoms with E-state index in [9.17, 15) is 0 Å². The fourth-order valence-corrected chi connectivity index (χ4v) is 2.98. The number of aromatic amines is 1. The molecule has 0 radical (unpaired) electrons. The van der Waals surface area contributed by atoms with Crippen LogP contribution in [0.3, 0.4) is 0 Å². The number of methoxy groups -OCH3 is 1. The molecule has 1 aliphatic heterocycles. The summed E-state index contributed by atoms with van der Waals surface area (Å²) in [6, 6.07) is 6.26. The summed E-state index contributed by atoms with van der Waals surface area (Å²) in [5.41, 5.74) is 3.87. The number of aryl methyl sites for hydroxylation is 1. The number of rotatable bonds is 3. The van der Waals surface area contributed by atoms with Crippen molar-refractivity contribution in [3.8, 4) is 5.75 Å². The fraction of sp³-hybridized carbons (Fsp3) is 0.500. The Labute approximate surface area is 120 Å². The zero-order valence-electron chi connectivity index (χ0n) is 12.3. The van der Waals surface area contributed by atoms with Gasteiger partial charge in [-0.1, -0.05) is 0 Å². The highest BCUT2D eigenvalue weighted by molar-refractivity contribution is 5.86. The van der Waals surface area contributed by atoms with Gasteiger partial charge in [0.25, 0.3) is 0 Å². The first-order valence-electron chi connectivity index (χ1n) is 7.36. The summed E-state index contributed by atoms with van der Waals surface area (Å²) in [6.07, 6.45) is 1.23. The van der Waals surface area contributed by atoms with E-state index >= 15 is 0 Å². The average molecular weight is 273 g/mol. The minimum atomic E-state index is 0.926. The second kappa shape index (κ2) is 5.85. The van der Waals surface area contributed by atoms with Gasteiger partial charge >= 0.3 is 0 Å². The van der Waals surface area contributed by atoms with Gasteiger partial charge in [0.1, 0.15) is 5.75 Å². The van der Waals surface area contributed by atoms with Crippen molar-refractivity contribution in [2.75, 3.05) is 33.3 Å². The lowest BCUT2D eigenvalue weighted by atomic mass is 10.1. The van der Waals surface area contributed by atoms with Crippen LogP contribution >= 0.6 is 0 Å². The molecule has 1 aromatic carbocycles. The van der Waals surface area contributed by atoms with Crippen molar-refractivity contribution in [3.05, 3.63) is 29.5 Å². The summed E-state index contributed by atoms with van der Waals surface area (Å²) in [7, 11) is 1.72. The Morgan fingerprint density at radius 3 is 3.00 bits per heavy atom. The van der Waals surface area contributed by atoms with Crippen molar-refractivity contribution in [1.29, 1.82) is 0 Å². The molecule has 2 aromatic rings. The standard InChI is InChI=1S/C16H23N3O/c1-12-15(11-19-8-3-6-17-7-9-19)14-10-13(20-2)4-5-16(14)18-12/h4-5,10,17-18H,3,6-9,11H2,1-2H3. The van der Waals surface area contributed by atoms with Gasteiger partial charge in [-0.2, -0.15) is 0 Å². The van der Waals surface area contributed by atoms with Crippen LogP contribution in [-0.2, 0) is 6.54 Å². The van der Waals surface area contributed by atoms with Gasteiger partial charge in [0.15, 0.2) is 0 Å². The van der Waals surface area contributed by atoms with Crippen molar-refractivity contribution in [3.63, 3.8) is 0 Å². The summed E-state index contributed by atoms with van der Waals surface area (Å²) in [5.74, 6) is 0.926. The second-order valence-corrected chi connectivity index (χ2v) is 5.52. The first-order chi connectivity index (χ1) is 9.78. The molecule has 4 nitrogen and oxygen atoms in total. The van der Waals surface area contributed by atoms with Crippen LogP contribution in [0.5, 0.6) is 5.75 Å². The van der Waals surface area contributed by atoms with E-state index in [1.165, 1.54) is 35.1 Å². The largest absolute Gasteiger partial charge is 0.497 e. The van der Waals surface area contributed by atoms with Crippen LogP contribution < -0.4 is 10.1 Å². The maximum absolute atomic E-state index is 5.36. The smallest absolute Gasteiger partial charge is 0.119 e. The highest BCUT2D eigenvalue weighted by Gasteiger charge is 2.14. The van der Waals surface area contributed by atoms with Crippen LogP contribution in [0.2, 0.25) is 0 Å². The Morgan fingerprint density at radius 1 is 1.25 bits per heavy atom. The maximum atomic E-state index is 5.36. The molecule has 108 valence electrons. The lowest BCUT2D eigenvalue weighted by Crippen LogP contribution is -2.27. The highest BCUT2D eigenvalue weighted by Crippen LogP contribution is 2.27. The number of nitrogens with zero attached hydrogens (tertiary/aromatic N) is 1. The highest BCUT2D eigenvalue weighted by atomic mass is 16.5. The number of ether oxygens (including phenoxy) is 1. The Bertz CT molecular complexity index is 583. The molecule has 0 bridgehead atoms. The van der Waals surface area contributed by atoms with Gasteiger partial charge in [0.2, 0.25) is 0 Å². The van der Waals surface area contributed by atoms with Crippen LogP contribution in [0.4, 0.5) is 0 Å². The van der Waals surface area contributed by atoms with Crippen molar-refractivity contribution < 1.29 is 4.74 Å². The predicted molar refractivity (Wildman–Crippen MR) is 82.4 cm³/mol. The molecular weight excluding hydrogens is 250 g/mol. The second-order valence-electron chi connectivity index (χ2n) is 5.52. The number of nitrogens with one attached hydrogen (secondary N) is 2. The van der Waals surface area contributed by atoms with E-state index in [-0.39, 0.29) is 0 Å². The molecule has 0 spiro atoms. The molecule has 3 rings (SSSR count). The molecule has 0 atom stereocenters. The summed E-state index contributed by atoms with van der Waals surface area (Å²) in [5, 5.41) is 4.75. The van der Waals surface area contributed by atoms with Crippen molar-refractivity contribution >= 4 is 10.9 Å². The number of hydrogen-bond donors (Lipinski definition) is 2. The summed E-state index contributed by atoms with van der Waals surface area (Å²) in [6.45, 7) is 7.69. The lowest BCUT2D eigenvalue weighted by molar-refractivity contribution is 0.285. The van der Waals surface area contributed by atoms with E-state index in [0.29, 0.717) is 0 Å². The Balaban J connectivity index is 1.90. The van der Waals surface area contributed by atoms with Gasteiger partial charge in [-0.3, -0.25) is 4.90 Å². The third-order valence-electron chi connectivity index (χ3n) is 4.14. The SMILES string of the molecule is COc1ccc2[nH]c(C)c(CN3CCCNCC3)c2c1. The van der Waals surface area contributed by atoms with Crippen LogP contribution in [0.15, 0.2) is 18.2 Å². The van der Waals surface area contributed by atoms with Crippen molar-refractivity contribution in [2.45, 2.75) is 19.9 Å². The van der Waals surface area contributed by atoms with Crippen molar-refractivity contribution in [1.82, 2.24) is 15.2 Å². The molecule has 1 aliphatic rings. The third-order valence-corrected chi connectivity index (χ3v) is 4.14. The summed E-state index contributed by atoms with van der Waals surface area (Å²) >= 11 is 0. The molecule has 0 unspecified atom stereocenters. The summed E-state index contributed by atoms with van der Waals surface area (Å²) in [4.78, 5) is 6.02. The zero-order chi connectivity index (χ0) is 13.9. The van der Waals surface area contributed by atoms with E-state index in [4.69, 9.17) is 4.74 Å². The third kappa shape index (κ3) is 2.67. The number of aromatic nitrogens is 1. The number of benzene rings is 1. The number of hydrogen-bond acceptors (Lipinski definition) is 3. The molecule has 2 heterocycles. The first-order valence-corrected chi connectivity index (χ1v) is 7.36. The van der Waals surface area contributed by atoms with Gasteiger partial charge < -0.3 is 15.0 Å². The van der Waals surface area contributed by atoms with Crippen LogP contribution in [0.1, 0.15) is 17.7 Å². The zero-order valence-corrected chi connectivity index (χ0v) is 12.3. The molecule has 4 heteroatoms. The Hall–Kier alpha value is -1.52. The van der Waals surface area contributed by atoms with Crippen molar-refractivity contribution in [2.24, 2.45) is 0 Å². The van der Waals surface area contributed by atoms with Gasteiger partial charge in [0, 0.05) is 36.2 Å². The van der Waals surface area contributed by atoms with E-state index in [2.05, 4.69) is 34.3 Å². The number of H-pyrrole nitrogens is 1. The van der Waals surface area contributed by atoms with E-state index in [1.54, 1.807) is 7.11 Å². The van der Waals surface area contributed by atoms with Crippen LogP contribution in [0.25, 0.3) is 10.9 Å². The van der Waals surface area contributed by atoms with E-state index < -0.39 is 0 Å². The lowest BCUT2D eigenvalue weighted by Gasteiger charge is -2.19. The van der Waals surface area contributed by atoms with E-state index in [0.717, 1.165) is 31.9 Å². The number of fused-ring (bicyclic) bond motifs is 1. The maximum Gasteiger partial charge on any atom is 0.119 e. The monoisotopic (exact) mass is 273 g/mol. The van der Waals surface area contributed by atoms with Gasteiger partial charge in [-0.25, -0.2) is 0 Å². The molecule has 1 fully saturated rings. The van der Waals surface area contributed by atoms with Crippen LogP contribution in [-0.4, -0.2) is 43.2 Å². The molecular formula is C16H23N3O. The van der Waals surface area contributed by atoms with Gasteiger partial charge in [0.05, 0.1) is 7.11 Å². The Kier molecular flexibility index (Phi) is 3.94. The first kappa shape index (κ1) is 13.5. The quantitative estimate of drug-likeness (QED) is 0.901. The molecule has 1 aromatic heterocycles. The van der Waals surface area contributed by atoms with Gasteiger partial charge in [-0.05, 0) is 50.2 Å². The summed E-state index contributed by atoms with van der Waals surface area (Å²) < 4.78 is 5.36. The topological polar surface area (TPSA) is 40.3 Å². The molecule has 0 aliphatic carbocycles. The fourth-order valence-electron chi connectivity index (χ4n) is 2.98. The van der Waals surface area contributed by atoms with Crippen LogP contribution in [0, 0.1) is 6.92 Å². The molecule has 0 saturated carbocycles. The minimum Gasteiger partial charge on any atom is -0.497 e. The molecule has 20 heavy (non-hydrogen) atoms. The molecule has 2 N–H and O–H groups in total. The normalized spacial score (nSPS) is 17.3. The Morgan fingerprint density at radius 2 is 2.15 bits per heavy atom.